The molecule has 1 saturated carbocycles. The summed E-state index contributed by atoms with van der Waals surface area (Å²) >= 11 is 0. The van der Waals surface area contributed by atoms with Crippen molar-refractivity contribution in [2.24, 2.45) is 0 Å². The third-order valence-corrected chi connectivity index (χ3v) is 5.59. The Labute approximate surface area is 156 Å². The molecule has 140 valence electrons. The second-order valence-electron chi connectivity index (χ2n) is 7.27. The van der Waals surface area contributed by atoms with Crippen LogP contribution in [0.25, 0.3) is 10.8 Å². The number of hydrogen-bond acceptors (Lipinski definition) is 4. The van der Waals surface area contributed by atoms with Crippen LogP contribution in [0.15, 0.2) is 42.5 Å². The van der Waals surface area contributed by atoms with Crippen molar-refractivity contribution in [2.45, 2.75) is 37.8 Å². The summed E-state index contributed by atoms with van der Waals surface area (Å²) in [7, 11) is 0. The van der Waals surface area contributed by atoms with E-state index in [1.54, 1.807) is 0 Å². The normalized spacial score (nSPS) is 24.6. The molecule has 26 heavy (non-hydrogen) atoms. The molecule has 0 amide bonds. The third-order valence-electron chi connectivity index (χ3n) is 5.59. The van der Waals surface area contributed by atoms with Crippen molar-refractivity contribution in [2.75, 3.05) is 39.5 Å². The predicted octanol–water partition coefficient (Wildman–Crippen LogP) is 3.88. The summed E-state index contributed by atoms with van der Waals surface area (Å²) in [5.74, 6) is 0.917. The van der Waals surface area contributed by atoms with Gasteiger partial charge in [-0.25, -0.2) is 0 Å². The molecule has 1 unspecified atom stereocenters. The molecule has 0 aromatic heterocycles. The van der Waals surface area contributed by atoms with Gasteiger partial charge < -0.3 is 14.2 Å². The van der Waals surface area contributed by atoms with Crippen molar-refractivity contribution >= 4 is 10.8 Å². The SMILES string of the molecule is c1ccc2cc(OCCO[C@H]3CCCCC3N3CCOCC3)ccc2c1. The van der Waals surface area contributed by atoms with Crippen molar-refractivity contribution in [1.82, 2.24) is 4.90 Å². The summed E-state index contributed by atoms with van der Waals surface area (Å²) in [6.07, 6.45) is 5.34. The molecule has 0 radical (unpaired) electrons. The Morgan fingerprint density at radius 2 is 1.73 bits per heavy atom. The zero-order valence-corrected chi connectivity index (χ0v) is 15.4. The lowest BCUT2D eigenvalue weighted by Gasteiger charge is -2.41. The van der Waals surface area contributed by atoms with Gasteiger partial charge in [-0.05, 0) is 35.7 Å². The van der Waals surface area contributed by atoms with Gasteiger partial charge in [0.1, 0.15) is 12.4 Å². The zero-order valence-electron chi connectivity index (χ0n) is 15.4. The van der Waals surface area contributed by atoms with Gasteiger partial charge >= 0.3 is 0 Å². The Hall–Kier alpha value is -1.62. The first-order valence-corrected chi connectivity index (χ1v) is 9.95. The summed E-state index contributed by atoms with van der Waals surface area (Å²) in [5.41, 5.74) is 0. The van der Waals surface area contributed by atoms with E-state index in [9.17, 15) is 0 Å². The van der Waals surface area contributed by atoms with Crippen molar-refractivity contribution < 1.29 is 14.2 Å². The fourth-order valence-electron chi connectivity index (χ4n) is 4.21. The topological polar surface area (TPSA) is 30.9 Å². The van der Waals surface area contributed by atoms with Crippen LogP contribution < -0.4 is 4.74 Å². The molecule has 1 saturated heterocycles. The Morgan fingerprint density at radius 1 is 0.923 bits per heavy atom. The Kier molecular flexibility index (Phi) is 6.05. The van der Waals surface area contributed by atoms with E-state index in [0.717, 1.165) is 38.5 Å². The van der Waals surface area contributed by atoms with E-state index in [1.165, 1.54) is 30.0 Å². The van der Waals surface area contributed by atoms with E-state index >= 15 is 0 Å². The summed E-state index contributed by atoms with van der Waals surface area (Å²) in [6, 6.07) is 15.2. The van der Waals surface area contributed by atoms with Gasteiger partial charge in [0, 0.05) is 19.1 Å². The predicted molar refractivity (Wildman–Crippen MR) is 104 cm³/mol. The Bertz CT molecular complexity index is 699. The van der Waals surface area contributed by atoms with Gasteiger partial charge in [0.25, 0.3) is 0 Å². The molecule has 2 aliphatic rings. The Balaban J connectivity index is 1.27. The molecule has 2 aromatic carbocycles. The molecular weight excluding hydrogens is 326 g/mol. The largest absolute Gasteiger partial charge is 0.491 e. The van der Waals surface area contributed by atoms with E-state index in [-0.39, 0.29) is 0 Å². The summed E-state index contributed by atoms with van der Waals surface area (Å²) < 4.78 is 17.7. The van der Waals surface area contributed by atoms with Crippen molar-refractivity contribution in [3.05, 3.63) is 42.5 Å². The van der Waals surface area contributed by atoms with Crippen LogP contribution in [0.1, 0.15) is 25.7 Å². The number of nitrogens with zero attached hydrogens (tertiary/aromatic N) is 1. The Morgan fingerprint density at radius 3 is 2.62 bits per heavy atom. The van der Waals surface area contributed by atoms with E-state index in [1.807, 2.05) is 6.07 Å². The highest BCUT2D eigenvalue weighted by atomic mass is 16.5. The van der Waals surface area contributed by atoms with E-state index in [4.69, 9.17) is 14.2 Å². The molecule has 0 bridgehead atoms. The molecular formula is C22H29NO3. The lowest BCUT2D eigenvalue weighted by molar-refractivity contribution is -0.0698. The summed E-state index contributed by atoms with van der Waals surface area (Å²) in [4.78, 5) is 2.57. The van der Waals surface area contributed by atoms with Crippen molar-refractivity contribution in [1.29, 1.82) is 0 Å². The number of fused-ring (bicyclic) bond motifs is 1. The molecule has 4 heteroatoms. The average Bonchev–Trinajstić information content (AvgIpc) is 2.72. The first-order chi connectivity index (χ1) is 12.9. The zero-order chi connectivity index (χ0) is 17.6. The van der Waals surface area contributed by atoms with Crippen LogP contribution in [-0.4, -0.2) is 56.6 Å². The average molecular weight is 355 g/mol. The lowest BCUT2D eigenvalue weighted by atomic mass is 9.91. The maximum Gasteiger partial charge on any atom is 0.120 e. The van der Waals surface area contributed by atoms with Crippen LogP contribution in [0.2, 0.25) is 0 Å². The molecule has 1 heterocycles. The molecule has 1 aliphatic heterocycles. The van der Waals surface area contributed by atoms with Gasteiger partial charge in [-0.3, -0.25) is 4.90 Å². The number of rotatable bonds is 6. The van der Waals surface area contributed by atoms with Crippen LogP contribution >= 0.6 is 0 Å². The highest BCUT2D eigenvalue weighted by Gasteiger charge is 2.31. The van der Waals surface area contributed by atoms with Gasteiger partial charge in [-0.15, -0.1) is 0 Å². The van der Waals surface area contributed by atoms with E-state index < -0.39 is 0 Å². The van der Waals surface area contributed by atoms with Crippen LogP contribution in [0, 0.1) is 0 Å². The van der Waals surface area contributed by atoms with Gasteiger partial charge in [0.2, 0.25) is 0 Å². The minimum absolute atomic E-state index is 0.335. The first-order valence-electron chi connectivity index (χ1n) is 9.95. The summed E-state index contributed by atoms with van der Waals surface area (Å²) in [6.45, 7) is 5.04. The molecule has 2 atom stereocenters. The van der Waals surface area contributed by atoms with Crippen LogP contribution in [-0.2, 0) is 9.47 Å². The number of hydrogen-bond donors (Lipinski definition) is 0. The molecule has 0 N–H and O–H groups in total. The minimum atomic E-state index is 0.335. The molecule has 1 aliphatic carbocycles. The maximum absolute atomic E-state index is 6.25. The van der Waals surface area contributed by atoms with Crippen LogP contribution in [0.5, 0.6) is 5.75 Å². The van der Waals surface area contributed by atoms with Crippen LogP contribution in [0.4, 0.5) is 0 Å². The first kappa shape index (κ1) is 17.8. The fraction of sp³-hybridized carbons (Fsp3) is 0.545. The smallest absolute Gasteiger partial charge is 0.120 e. The fourth-order valence-corrected chi connectivity index (χ4v) is 4.21. The van der Waals surface area contributed by atoms with Crippen LogP contribution in [0.3, 0.4) is 0 Å². The molecule has 0 spiro atoms. The van der Waals surface area contributed by atoms with E-state index in [0.29, 0.717) is 25.4 Å². The number of ether oxygens (including phenoxy) is 3. The van der Waals surface area contributed by atoms with Crippen molar-refractivity contribution in [3.8, 4) is 5.75 Å². The lowest BCUT2D eigenvalue weighted by Crippen LogP contribution is -2.51. The third kappa shape index (κ3) is 4.37. The standard InChI is InChI=1S/C22H29NO3/c1-2-6-19-17-20(10-9-18(19)5-1)25-15-16-26-22-8-4-3-7-21(22)23-11-13-24-14-12-23/h1-2,5-6,9-10,17,21-22H,3-4,7-8,11-16H2/t21?,22-/m0/s1. The second kappa shape index (κ2) is 8.85. The molecule has 2 fully saturated rings. The van der Waals surface area contributed by atoms with Gasteiger partial charge in [0.15, 0.2) is 0 Å². The number of morpholine rings is 1. The second-order valence-corrected chi connectivity index (χ2v) is 7.27. The van der Waals surface area contributed by atoms with E-state index in [2.05, 4.69) is 41.3 Å². The molecule has 4 nitrogen and oxygen atoms in total. The maximum atomic E-state index is 6.25. The van der Waals surface area contributed by atoms with Crippen molar-refractivity contribution in [3.63, 3.8) is 0 Å². The molecule has 4 rings (SSSR count). The minimum Gasteiger partial charge on any atom is -0.491 e. The quantitative estimate of drug-likeness (QED) is 0.736. The highest BCUT2D eigenvalue weighted by molar-refractivity contribution is 5.83. The van der Waals surface area contributed by atoms with Gasteiger partial charge in [-0.1, -0.05) is 43.2 Å². The van der Waals surface area contributed by atoms with Gasteiger partial charge in [-0.2, -0.15) is 0 Å². The number of benzene rings is 2. The highest BCUT2D eigenvalue weighted by Crippen LogP contribution is 2.26. The monoisotopic (exact) mass is 355 g/mol. The molecule has 2 aromatic rings. The van der Waals surface area contributed by atoms with Gasteiger partial charge in [0.05, 0.1) is 25.9 Å². The summed E-state index contributed by atoms with van der Waals surface area (Å²) in [5, 5.41) is 2.46.